The highest BCUT2D eigenvalue weighted by atomic mass is 32.2. The molecule has 1 aliphatic heterocycles. The van der Waals surface area contributed by atoms with E-state index in [1.807, 2.05) is 24.0 Å². The van der Waals surface area contributed by atoms with E-state index in [2.05, 4.69) is 18.5 Å². The van der Waals surface area contributed by atoms with Crippen LogP contribution in [0.1, 0.15) is 21.5 Å². The molecule has 0 aromatic heterocycles. The van der Waals surface area contributed by atoms with Crippen molar-refractivity contribution in [2.75, 3.05) is 39.8 Å². The van der Waals surface area contributed by atoms with Crippen molar-refractivity contribution in [2.24, 2.45) is 0 Å². The molecule has 0 radical (unpaired) electrons. The smallest absolute Gasteiger partial charge is 0.253 e. The largest absolute Gasteiger partial charge is 0.336 e. The summed E-state index contributed by atoms with van der Waals surface area (Å²) < 4.78 is 27.5. The molecule has 0 unspecified atom stereocenters. The highest BCUT2D eigenvalue weighted by molar-refractivity contribution is 7.89. The number of carbonyl (C=O) groups excluding carboxylic acids is 1. The van der Waals surface area contributed by atoms with Gasteiger partial charge in [0.2, 0.25) is 10.0 Å². The lowest BCUT2D eigenvalue weighted by molar-refractivity contribution is 0.0664. The van der Waals surface area contributed by atoms with Gasteiger partial charge in [-0.15, -0.1) is 6.58 Å². The number of benzene rings is 2. The fourth-order valence-electron chi connectivity index (χ4n) is 3.40. The lowest BCUT2D eigenvalue weighted by atomic mass is 10.1. The Morgan fingerprint density at radius 2 is 1.63 bits per heavy atom. The Hall–Kier alpha value is -2.48. The fourth-order valence-corrected chi connectivity index (χ4v) is 4.80. The number of piperazine rings is 1. The number of hydrogen-bond donors (Lipinski definition) is 0. The number of nitrogens with zero attached hydrogens (tertiary/aromatic N) is 3. The first-order valence-electron chi connectivity index (χ1n) is 10.1. The van der Waals surface area contributed by atoms with Crippen molar-refractivity contribution < 1.29 is 13.2 Å². The third-order valence-corrected chi connectivity index (χ3v) is 7.17. The average molecular weight is 428 g/mol. The van der Waals surface area contributed by atoms with Gasteiger partial charge in [0.05, 0.1) is 4.90 Å². The lowest BCUT2D eigenvalue weighted by Gasteiger charge is -2.32. The minimum Gasteiger partial charge on any atom is -0.336 e. The molecule has 2 aromatic rings. The van der Waals surface area contributed by atoms with Crippen LogP contribution in [-0.4, -0.2) is 68.2 Å². The Bertz CT molecular complexity index is 977. The molecule has 1 amide bonds. The zero-order valence-electron chi connectivity index (χ0n) is 17.6. The molecule has 30 heavy (non-hydrogen) atoms. The van der Waals surface area contributed by atoms with E-state index in [-0.39, 0.29) is 23.9 Å². The molecule has 3 rings (SSSR count). The number of hydrogen-bond acceptors (Lipinski definition) is 4. The summed E-state index contributed by atoms with van der Waals surface area (Å²) in [5.41, 5.74) is 2.45. The summed E-state index contributed by atoms with van der Waals surface area (Å²) in [6.45, 7) is 9.22. The van der Waals surface area contributed by atoms with Gasteiger partial charge in [0.25, 0.3) is 5.91 Å². The van der Waals surface area contributed by atoms with E-state index in [4.69, 9.17) is 0 Å². The predicted octanol–water partition coefficient (Wildman–Crippen LogP) is 2.76. The summed E-state index contributed by atoms with van der Waals surface area (Å²) in [6.07, 6.45) is 1.58. The molecule has 0 N–H and O–H groups in total. The number of carbonyl (C=O) groups is 1. The molecule has 6 nitrogen and oxygen atoms in total. The first-order chi connectivity index (χ1) is 14.3. The quantitative estimate of drug-likeness (QED) is 0.638. The van der Waals surface area contributed by atoms with E-state index in [0.717, 1.165) is 37.3 Å². The minimum atomic E-state index is -3.64. The van der Waals surface area contributed by atoms with Crippen LogP contribution in [0.15, 0.2) is 66.1 Å². The Morgan fingerprint density at radius 3 is 2.20 bits per heavy atom. The van der Waals surface area contributed by atoms with E-state index in [1.54, 1.807) is 42.5 Å². The molecule has 0 bridgehead atoms. The standard InChI is InChI=1S/C23H29N3O3S/c1-4-13-26(30(28,29)22-11-5-19(2)6-12-22)18-20-7-9-21(10-8-20)23(27)25-16-14-24(3)15-17-25/h4-12H,1,13-18H2,2-3H3. The molecular weight excluding hydrogens is 398 g/mol. The van der Waals surface area contributed by atoms with Gasteiger partial charge in [-0.05, 0) is 43.8 Å². The highest BCUT2D eigenvalue weighted by Gasteiger charge is 2.24. The minimum absolute atomic E-state index is 0.0184. The summed E-state index contributed by atoms with van der Waals surface area (Å²) in [6, 6.07) is 14.0. The van der Waals surface area contributed by atoms with Crippen LogP contribution in [0.2, 0.25) is 0 Å². The normalized spacial score (nSPS) is 15.4. The molecule has 0 atom stereocenters. The number of sulfonamides is 1. The van der Waals surface area contributed by atoms with Crippen LogP contribution >= 0.6 is 0 Å². The van der Waals surface area contributed by atoms with Crippen molar-refractivity contribution in [3.8, 4) is 0 Å². The Labute approximate surface area is 179 Å². The van der Waals surface area contributed by atoms with E-state index in [1.165, 1.54) is 4.31 Å². The van der Waals surface area contributed by atoms with Crippen LogP contribution in [-0.2, 0) is 16.6 Å². The SMILES string of the molecule is C=CCN(Cc1ccc(C(=O)N2CCN(C)CC2)cc1)S(=O)(=O)c1ccc(C)cc1. The molecule has 1 saturated heterocycles. The van der Waals surface area contributed by atoms with Crippen molar-refractivity contribution >= 4 is 15.9 Å². The molecule has 0 saturated carbocycles. The molecule has 0 spiro atoms. The van der Waals surface area contributed by atoms with Gasteiger partial charge in [-0.3, -0.25) is 4.79 Å². The molecule has 1 heterocycles. The van der Waals surface area contributed by atoms with Crippen molar-refractivity contribution in [2.45, 2.75) is 18.4 Å². The molecule has 0 aliphatic carbocycles. The van der Waals surface area contributed by atoms with Gasteiger partial charge >= 0.3 is 0 Å². The Kier molecular flexibility index (Phi) is 7.07. The summed E-state index contributed by atoms with van der Waals surface area (Å²) in [5.74, 6) is 0.0184. The lowest BCUT2D eigenvalue weighted by Crippen LogP contribution is -2.47. The summed E-state index contributed by atoms with van der Waals surface area (Å²) >= 11 is 0. The van der Waals surface area contributed by atoms with Crippen LogP contribution in [0, 0.1) is 6.92 Å². The maximum absolute atomic E-state index is 13.1. The van der Waals surface area contributed by atoms with Gasteiger partial charge in [0.15, 0.2) is 0 Å². The van der Waals surface area contributed by atoms with Gasteiger partial charge < -0.3 is 9.80 Å². The van der Waals surface area contributed by atoms with Gasteiger partial charge in [0, 0.05) is 44.8 Å². The molecule has 160 valence electrons. The summed E-state index contributed by atoms with van der Waals surface area (Å²) in [5, 5.41) is 0. The molecule has 2 aromatic carbocycles. The second-order valence-electron chi connectivity index (χ2n) is 7.69. The highest BCUT2D eigenvalue weighted by Crippen LogP contribution is 2.20. The third kappa shape index (κ3) is 5.16. The number of amides is 1. The molecular formula is C23H29N3O3S. The van der Waals surface area contributed by atoms with Gasteiger partial charge in [-0.25, -0.2) is 8.42 Å². The van der Waals surface area contributed by atoms with Gasteiger partial charge in [-0.1, -0.05) is 35.9 Å². The molecule has 7 heteroatoms. The van der Waals surface area contributed by atoms with Crippen LogP contribution in [0.4, 0.5) is 0 Å². The van der Waals surface area contributed by atoms with Crippen molar-refractivity contribution in [1.82, 2.24) is 14.1 Å². The number of rotatable bonds is 7. The van der Waals surface area contributed by atoms with E-state index >= 15 is 0 Å². The molecule has 1 fully saturated rings. The van der Waals surface area contributed by atoms with E-state index in [0.29, 0.717) is 5.56 Å². The van der Waals surface area contributed by atoms with E-state index in [9.17, 15) is 13.2 Å². The van der Waals surface area contributed by atoms with Crippen LogP contribution in [0.25, 0.3) is 0 Å². The van der Waals surface area contributed by atoms with Crippen molar-refractivity contribution in [1.29, 1.82) is 0 Å². The number of likely N-dealkylation sites (N-methyl/N-ethyl adjacent to an activating group) is 1. The summed E-state index contributed by atoms with van der Waals surface area (Å²) in [4.78, 5) is 17.0. The Morgan fingerprint density at radius 1 is 1.03 bits per heavy atom. The number of aryl methyl sites for hydroxylation is 1. The molecule has 1 aliphatic rings. The fraction of sp³-hybridized carbons (Fsp3) is 0.348. The zero-order chi connectivity index (χ0) is 21.7. The maximum atomic E-state index is 13.1. The van der Waals surface area contributed by atoms with Gasteiger partial charge in [0.1, 0.15) is 0 Å². The van der Waals surface area contributed by atoms with E-state index < -0.39 is 10.0 Å². The topological polar surface area (TPSA) is 60.9 Å². The maximum Gasteiger partial charge on any atom is 0.253 e. The third-order valence-electron chi connectivity index (χ3n) is 5.34. The summed E-state index contributed by atoms with van der Waals surface area (Å²) in [7, 11) is -1.59. The second kappa shape index (κ2) is 9.55. The average Bonchev–Trinajstić information content (AvgIpc) is 2.74. The van der Waals surface area contributed by atoms with Crippen LogP contribution < -0.4 is 0 Å². The predicted molar refractivity (Wildman–Crippen MR) is 119 cm³/mol. The van der Waals surface area contributed by atoms with Gasteiger partial charge in [-0.2, -0.15) is 4.31 Å². The second-order valence-corrected chi connectivity index (χ2v) is 9.63. The monoisotopic (exact) mass is 427 g/mol. The Balaban J connectivity index is 1.74. The van der Waals surface area contributed by atoms with Crippen molar-refractivity contribution in [3.63, 3.8) is 0 Å². The zero-order valence-corrected chi connectivity index (χ0v) is 18.4. The van der Waals surface area contributed by atoms with Crippen LogP contribution in [0.3, 0.4) is 0 Å². The van der Waals surface area contributed by atoms with Crippen molar-refractivity contribution in [3.05, 3.63) is 77.9 Å². The first-order valence-corrected chi connectivity index (χ1v) is 11.5. The first kappa shape index (κ1) is 22.2. The van der Waals surface area contributed by atoms with Crippen LogP contribution in [0.5, 0.6) is 0 Å².